The lowest BCUT2D eigenvalue weighted by Crippen LogP contribution is -2.34. The van der Waals surface area contributed by atoms with Crippen molar-refractivity contribution < 1.29 is 14.7 Å². The van der Waals surface area contributed by atoms with Crippen LogP contribution < -0.4 is 5.32 Å². The SMILES string of the molecule is Cc1cscc1C(=O)N[C@H](C)CC(=O)O. The number of carbonyl (C=O) groups is 2. The number of carboxylic acids is 1. The van der Waals surface area contributed by atoms with E-state index in [4.69, 9.17) is 5.11 Å². The van der Waals surface area contributed by atoms with Gasteiger partial charge in [-0.1, -0.05) is 0 Å². The third-order valence-electron chi connectivity index (χ3n) is 1.96. The fourth-order valence-corrected chi connectivity index (χ4v) is 2.04. The summed E-state index contributed by atoms with van der Waals surface area (Å²) in [5, 5.41) is 14.8. The van der Waals surface area contributed by atoms with Gasteiger partial charge in [0, 0.05) is 11.4 Å². The number of thiophene rings is 1. The van der Waals surface area contributed by atoms with Crippen LogP contribution in [0.1, 0.15) is 29.3 Å². The highest BCUT2D eigenvalue weighted by Gasteiger charge is 2.14. The van der Waals surface area contributed by atoms with Crippen molar-refractivity contribution in [2.24, 2.45) is 0 Å². The van der Waals surface area contributed by atoms with Crippen molar-refractivity contribution in [3.05, 3.63) is 21.9 Å². The van der Waals surface area contributed by atoms with Gasteiger partial charge in [-0.05, 0) is 24.8 Å². The van der Waals surface area contributed by atoms with Crippen LogP contribution >= 0.6 is 11.3 Å². The minimum absolute atomic E-state index is 0.0606. The van der Waals surface area contributed by atoms with Gasteiger partial charge in [-0.25, -0.2) is 0 Å². The van der Waals surface area contributed by atoms with E-state index in [1.807, 2.05) is 12.3 Å². The normalized spacial score (nSPS) is 12.1. The smallest absolute Gasteiger partial charge is 0.305 e. The van der Waals surface area contributed by atoms with Crippen molar-refractivity contribution in [2.45, 2.75) is 26.3 Å². The number of amides is 1. The van der Waals surface area contributed by atoms with E-state index in [1.165, 1.54) is 11.3 Å². The molecule has 0 saturated heterocycles. The highest BCUT2D eigenvalue weighted by atomic mass is 32.1. The Labute approximate surface area is 91.9 Å². The number of hydrogen-bond donors (Lipinski definition) is 2. The van der Waals surface area contributed by atoms with E-state index in [-0.39, 0.29) is 18.4 Å². The summed E-state index contributed by atoms with van der Waals surface area (Å²) >= 11 is 1.46. The molecule has 0 fully saturated rings. The van der Waals surface area contributed by atoms with E-state index in [9.17, 15) is 9.59 Å². The molecule has 0 aromatic carbocycles. The van der Waals surface area contributed by atoms with Crippen LogP contribution in [0.25, 0.3) is 0 Å². The number of carbonyl (C=O) groups excluding carboxylic acids is 1. The van der Waals surface area contributed by atoms with Crippen LogP contribution in [0, 0.1) is 6.92 Å². The third kappa shape index (κ3) is 3.36. The van der Waals surface area contributed by atoms with Gasteiger partial charge in [0.1, 0.15) is 0 Å². The van der Waals surface area contributed by atoms with Crippen LogP contribution in [0.2, 0.25) is 0 Å². The molecular weight excluding hydrogens is 214 g/mol. The van der Waals surface area contributed by atoms with Crippen LogP contribution in [0.4, 0.5) is 0 Å². The van der Waals surface area contributed by atoms with E-state index >= 15 is 0 Å². The summed E-state index contributed by atoms with van der Waals surface area (Å²) in [6.07, 6.45) is -0.0606. The number of aliphatic carboxylic acids is 1. The zero-order valence-corrected chi connectivity index (χ0v) is 9.43. The van der Waals surface area contributed by atoms with E-state index in [2.05, 4.69) is 5.32 Å². The minimum Gasteiger partial charge on any atom is -0.481 e. The number of rotatable bonds is 4. The molecule has 0 bridgehead atoms. The maximum absolute atomic E-state index is 11.6. The number of carboxylic acid groups (broad SMARTS) is 1. The quantitative estimate of drug-likeness (QED) is 0.822. The van der Waals surface area contributed by atoms with Gasteiger partial charge in [0.25, 0.3) is 5.91 Å². The summed E-state index contributed by atoms with van der Waals surface area (Å²) < 4.78 is 0. The van der Waals surface area contributed by atoms with E-state index in [0.29, 0.717) is 5.56 Å². The molecule has 0 aliphatic carbocycles. The predicted octanol–water partition coefficient (Wildman–Crippen LogP) is 1.65. The average Bonchev–Trinajstić information content (AvgIpc) is 2.49. The van der Waals surface area contributed by atoms with Gasteiger partial charge in [-0.15, -0.1) is 0 Å². The largest absolute Gasteiger partial charge is 0.481 e. The summed E-state index contributed by atoms with van der Waals surface area (Å²) in [5.41, 5.74) is 1.54. The Bertz CT molecular complexity index is 372. The fraction of sp³-hybridized carbons (Fsp3) is 0.400. The van der Waals surface area contributed by atoms with Crippen molar-refractivity contribution in [1.82, 2.24) is 5.32 Å². The lowest BCUT2D eigenvalue weighted by Gasteiger charge is -2.10. The van der Waals surface area contributed by atoms with Crippen LogP contribution in [0.3, 0.4) is 0 Å². The van der Waals surface area contributed by atoms with Gasteiger partial charge in [0.15, 0.2) is 0 Å². The first kappa shape index (κ1) is 11.7. The summed E-state index contributed by atoms with van der Waals surface area (Å²) in [4.78, 5) is 22.0. The Morgan fingerprint density at radius 3 is 2.67 bits per heavy atom. The Hall–Kier alpha value is -1.36. The monoisotopic (exact) mass is 227 g/mol. The van der Waals surface area contributed by atoms with Crippen molar-refractivity contribution in [3.63, 3.8) is 0 Å². The molecule has 5 heteroatoms. The van der Waals surface area contributed by atoms with Crippen LogP contribution in [-0.4, -0.2) is 23.0 Å². The van der Waals surface area contributed by atoms with Crippen LogP contribution in [-0.2, 0) is 4.79 Å². The lowest BCUT2D eigenvalue weighted by atomic mass is 10.2. The van der Waals surface area contributed by atoms with Crippen molar-refractivity contribution in [2.75, 3.05) is 0 Å². The van der Waals surface area contributed by atoms with Gasteiger partial charge in [-0.2, -0.15) is 11.3 Å². The molecule has 1 atom stereocenters. The Morgan fingerprint density at radius 1 is 1.53 bits per heavy atom. The topological polar surface area (TPSA) is 66.4 Å². The van der Waals surface area contributed by atoms with Gasteiger partial charge in [0.05, 0.1) is 12.0 Å². The molecule has 0 unspecified atom stereocenters. The van der Waals surface area contributed by atoms with Crippen LogP contribution in [0.15, 0.2) is 10.8 Å². The van der Waals surface area contributed by atoms with Gasteiger partial charge in [-0.3, -0.25) is 9.59 Å². The molecule has 0 aliphatic heterocycles. The number of aryl methyl sites for hydroxylation is 1. The van der Waals surface area contributed by atoms with E-state index in [0.717, 1.165) is 5.56 Å². The first-order valence-electron chi connectivity index (χ1n) is 4.56. The molecule has 1 rings (SSSR count). The molecule has 0 spiro atoms. The second-order valence-electron chi connectivity index (χ2n) is 3.44. The zero-order valence-electron chi connectivity index (χ0n) is 8.61. The molecule has 1 aromatic heterocycles. The predicted molar refractivity (Wildman–Crippen MR) is 58.2 cm³/mol. The molecule has 2 N–H and O–H groups in total. The zero-order chi connectivity index (χ0) is 11.4. The summed E-state index contributed by atoms with van der Waals surface area (Å²) in [6, 6.07) is -0.353. The van der Waals surface area contributed by atoms with Gasteiger partial charge < -0.3 is 10.4 Å². The molecule has 0 radical (unpaired) electrons. The molecule has 0 saturated carbocycles. The van der Waals surface area contributed by atoms with Crippen LogP contribution in [0.5, 0.6) is 0 Å². The van der Waals surface area contributed by atoms with E-state index < -0.39 is 5.97 Å². The fourth-order valence-electron chi connectivity index (χ4n) is 1.21. The maximum atomic E-state index is 11.6. The Balaban J connectivity index is 2.56. The second kappa shape index (κ2) is 4.93. The first-order chi connectivity index (χ1) is 7.00. The van der Waals surface area contributed by atoms with Gasteiger partial charge >= 0.3 is 5.97 Å². The summed E-state index contributed by atoms with van der Waals surface area (Å²) in [6.45, 7) is 3.53. The Morgan fingerprint density at radius 2 is 2.20 bits per heavy atom. The standard InChI is InChI=1S/C10H13NO3S/c1-6-4-15-5-8(6)10(14)11-7(2)3-9(12)13/h4-5,7H,3H2,1-2H3,(H,11,14)(H,12,13)/t7-/m1/s1. The minimum atomic E-state index is -0.912. The number of nitrogens with one attached hydrogen (secondary N) is 1. The summed E-state index contributed by atoms with van der Waals surface area (Å²) in [7, 11) is 0. The molecule has 82 valence electrons. The second-order valence-corrected chi connectivity index (χ2v) is 4.18. The van der Waals surface area contributed by atoms with Crippen molar-refractivity contribution in [1.29, 1.82) is 0 Å². The summed E-state index contributed by atoms with van der Waals surface area (Å²) in [5.74, 6) is -1.12. The maximum Gasteiger partial charge on any atom is 0.305 e. The van der Waals surface area contributed by atoms with E-state index in [1.54, 1.807) is 12.3 Å². The number of hydrogen-bond acceptors (Lipinski definition) is 3. The molecule has 0 aliphatic rings. The molecule has 4 nitrogen and oxygen atoms in total. The first-order valence-corrected chi connectivity index (χ1v) is 5.50. The molecule has 15 heavy (non-hydrogen) atoms. The Kier molecular flexibility index (Phi) is 3.85. The highest BCUT2D eigenvalue weighted by molar-refractivity contribution is 7.08. The van der Waals surface area contributed by atoms with Crippen molar-refractivity contribution in [3.8, 4) is 0 Å². The van der Waals surface area contributed by atoms with Crippen molar-refractivity contribution >= 4 is 23.2 Å². The molecular formula is C10H13NO3S. The highest BCUT2D eigenvalue weighted by Crippen LogP contribution is 2.13. The lowest BCUT2D eigenvalue weighted by molar-refractivity contribution is -0.137. The molecule has 1 amide bonds. The molecule has 1 aromatic rings. The third-order valence-corrected chi connectivity index (χ3v) is 2.82. The van der Waals surface area contributed by atoms with Gasteiger partial charge in [0.2, 0.25) is 0 Å². The average molecular weight is 227 g/mol. The molecule has 1 heterocycles.